The summed E-state index contributed by atoms with van der Waals surface area (Å²) in [6, 6.07) is 3.50. The van der Waals surface area contributed by atoms with Gasteiger partial charge in [0.25, 0.3) is 0 Å². The Morgan fingerprint density at radius 1 is 1.25 bits per heavy atom. The zero-order valence-electron chi connectivity index (χ0n) is 14.5. The summed E-state index contributed by atoms with van der Waals surface area (Å²) in [7, 11) is 0. The molecule has 1 aliphatic heterocycles. The van der Waals surface area contributed by atoms with E-state index in [0.29, 0.717) is 11.1 Å². The summed E-state index contributed by atoms with van der Waals surface area (Å²) in [4.78, 5) is 13.1. The second kappa shape index (κ2) is 8.85. The summed E-state index contributed by atoms with van der Waals surface area (Å²) >= 11 is 0. The molecule has 0 aromatic heterocycles. The fourth-order valence-electron chi connectivity index (χ4n) is 3.30. The number of halogens is 2. The van der Waals surface area contributed by atoms with E-state index in [-0.39, 0.29) is 47.7 Å². The van der Waals surface area contributed by atoms with Crippen LogP contribution in [0.2, 0.25) is 0 Å². The number of rotatable bonds is 3. The Labute approximate surface area is 155 Å². The minimum absolute atomic E-state index is 0. The largest absolute Gasteiger partial charge is 0.502 e. The van der Waals surface area contributed by atoms with Crippen LogP contribution in [0.25, 0.3) is 0 Å². The third-order valence-electron chi connectivity index (χ3n) is 4.20. The van der Waals surface area contributed by atoms with Crippen molar-refractivity contribution in [2.75, 3.05) is 26.2 Å². The number of nitro benzene ring substituents is 1. The molecule has 0 bridgehead atoms. The summed E-state index contributed by atoms with van der Waals surface area (Å²) < 4.78 is 0. The van der Waals surface area contributed by atoms with E-state index in [0.717, 1.165) is 26.2 Å². The van der Waals surface area contributed by atoms with E-state index in [1.165, 1.54) is 0 Å². The molecule has 1 fully saturated rings. The number of phenolic OH excluding ortho intramolecular Hbond substituents is 1. The lowest BCUT2D eigenvalue weighted by molar-refractivity contribution is -0.386. The molecule has 1 aromatic carbocycles. The Hall–Kier alpha value is -1.08. The molecule has 0 aliphatic carbocycles. The van der Waals surface area contributed by atoms with Crippen LogP contribution in [0, 0.1) is 22.5 Å². The topological polar surface area (TPSA) is 78.6 Å². The number of hydrogen-bond donors (Lipinski definition) is 2. The van der Waals surface area contributed by atoms with E-state index in [2.05, 4.69) is 31.0 Å². The SMILES string of the molecule is Cc1ccc([C@H](N2CCNCC2)C(C)(C)C)c(O)c1[N+](=O)[O-].Cl.Cl. The van der Waals surface area contributed by atoms with Gasteiger partial charge in [-0.2, -0.15) is 0 Å². The molecule has 8 heteroatoms. The minimum atomic E-state index is -0.494. The quantitative estimate of drug-likeness (QED) is 0.620. The molecule has 6 nitrogen and oxygen atoms in total. The van der Waals surface area contributed by atoms with Gasteiger partial charge in [-0.05, 0) is 12.3 Å². The van der Waals surface area contributed by atoms with Gasteiger partial charge < -0.3 is 10.4 Å². The number of nitrogens with zero attached hydrogens (tertiary/aromatic N) is 2. The van der Waals surface area contributed by atoms with E-state index in [9.17, 15) is 15.2 Å². The highest BCUT2D eigenvalue weighted by atomic mass is 35.5. The number of aryl methyl sites for hydroxylation is 1. The summed E-state index contributed by atoms with van der Waals surface area (Å²) in [5, 5.41) is 25.1. The molecule has 2 N–H and O–H groups in total. The number of nitrogens with one attached hydrogen (secondary N) is 1. The predicted octanol–water partition coefficient (Wildman–Crippen LogP) is 3.44. The first-order valence-electron chi connectivity index (χ1n) is 7.65. The highest BCUT2D eigenvalue weighted by molar-refractivity contribution is 5.85. The monoisotopic (exact) mass is 379 g/mol. The fourth-order valence-corrected chi connectivity index (χ4v) is 3.30. The van der Waals surface area contributed by atoms with Gasteiger partial charge in [0, 0.05) is 43.3 Å². The van der Waals surface area contributed by atoms with Crippen molar-refractivity contribution in [1.82, 2.24) is 10.2 Å². The predicted molar refractivity (Wildman–Crippen MR) is 101 cm³/mol. The third kappa shape index (κ3) is 4.72. The molecule has 1 saturated heterocycles. The van der Waals surface area contributed by atoms with Crippen LogP contribution in [0.3, 0.4) is 0 Å². The maximum Gasteiger partial charge on any atom is 0.313 e. The van der Waals surface area contributed by atoms with Gasteiger partial charge in [0.1, 0.15) is 0 Å². The summed E-state index contributed by atoms with van der Waals surface area (Å²) in [6.45, 7) is 11.5. The van der Waals surface area contributed by atoms with Crippen LogP contribution in [0.5, 0.6) is 5.75 Å². The van der Waals surface area contributed by atoms with Crippen molar-refractivity contribution in [3.63, 3.8) is 0 Å². The molecular formula is C16H27Cl2N3O3. The molecule has 0 unspecified atom stereocenters. The summed E-state index contributed by atoms with van der Waals surface area (Å²) in [6.07, 6.45) is 0. The molecule has 0 saturated carbocycles. The van der Waals surface area contributed by atoms with Crippen molar-refractivity contribution in [1.29, 1.82) is 0 Å². The summed E-state index contributed by atoms with van der Waals surface area (Å²) in [5.74, 6) is -0.191. The van der Waals surface area contributed by atoms with Gasteiger partial charge in [0.05, 0.1) is 4.92 Å². The molecule has 0 amide bonds. The van der Waals surface area contributed by atoms with E-state index in [1.807, 2.05) is 6.07 Å². The second-order valence-corrected chi connectivity index (χ2v) is 6.98. The van der Waals surface area contributed by atoms with Gasteiger partial charge in [0.15, 0.2) is 5.75 Å². The highest BCUT2D eigenvalue weighted by Gasteiger charge is 2.36. The zero-order valence-corrected chi connectivity index (χ0v) is 16.2. The zero-order chi connectivity index (χ0) is 16.5. The Morgan fingerprint density at radius 2 is 1.79 bits per heavy atom. The van der Waals surface area contributed by atoms with Gasteiger partial charge in [0.2, 0.25) is 0 Å². The molecule has 1 aromatic rings. The maximum atomic E-state index is 11.3. The smallest absolute Gasteiger partial charge is 0.313 e. The molecular weight excluding hydrogens is 353 g/mol. The van der Waals surface area contributed by atoms with Gasteiger partial charge in [-0.3, -0.25) is 15.0 Å². The van der Waals surface area contributed by atoms with Gasteiger partial charge >= 0.3 is 5.69 Å². The number of hydrogen-bond acceptors (Lipinski definition) is 5. The van der Waals surface area contributed by atoms with Crippen LogP contribution in [0.4, 0.5) is 5.69 Å². The van der Waals surface area contributed by atoms with Crippen molar-refractivity contribution < 1.29 is 10.0 Å². The number of phenols is 1. The Morgan fingerprint density at radius 3 is 2.25 bits per heavy atom. The van der Waals surface area contributed by atoms with Crippen LogP contribution < -0.4 is 5.32 Å². The molecule has 2 rings (SSSR count). The van der Waals surface area contributed by atoms with Crippen molar-refractivity contribution in [3.05, 3.63) is 33.4 Å². The van der Waals surface area contributed by atoms with E-state index < -0.39 is 4.92 Å². The normalized spacial score (nSPS) is 16.7. The van der Waals surface area contributed by atoms with Crippen molar-refractivity contribution >= 4 is 30.5 Å². The molecule has 1 aliphatic rings. The lowest BCUT2D eigenvalue weighted by Crippen LogP contribution is -2.48. The molecule has 24 heavy (non-hydrogen) atoms. The molecule has 0 radical (unpaired) electrons. The van der Waals surface area contributed by atoms with Crippen LogP contribution in [0.1, 0.15) is 37.9 Å². The van der Waals surface area contributed by atoms with Crippen molar-refractivity contribution in [3.8, 4) is 5.75 Å². The number of nitro groups is 1. The van der Waals surface area contributed by atoms with Crippen LogP contribution in [-0.4, -0.2) is 41.1 Å². The van der Waals surface area contributed by atoms with Crippen LogP contribution in [0.15, 0.2) is 12.1 Å². The number of piperazine rings is 1. The Balaban J connectivity index is 0.00000264. The molecule has 1 heterocycles. The van der Waals surface area contributed by atoms with Gasteiger partial charge in [-0.25, -0.2) is 0 Å². The third-order valence-corrected chi connectivity index (χ3v) is 4.20. The number of aromatic hydroxyl groups is 1. The minimum Gasteiger partial charge on any atom is -0.502 e. The lowest BCUT2D eigenvalue weighted by atomic mass is 9.80. The van der Waals surface area contributed by atoms with E-state index in [4.69, 9.17) is 0 Å². The van der Waals surface area contributed by atoms with Crippen LogP contribution in [-0.2, 0) is 0 Å². The standard InChI is InChI=1S/C16H25N3O3.2ClH/c1-11-5-6-12(14(20)13(11)19(21)22)15(16(2,3)4)18-9-7-17-8-10-18;;/h5-6,15,17,20H,7-10H2,1-4H3;2*1H/t15-;;/m0../s1. The molecule has 1 atom stereocenters. The lowest BCUT2D eigenvalue weighted by Gasteiger charge is -2.42. The van der Waals surface area contributed by atoms with Crippen LogP contribution >= 0.6 is 24.8 Å². The Bertz CT molecular complexity index is 570. The second-order valence-electron chi connectivity index (χ2n) is 6.98. The molecule has 138 valence electrons. The average molecular weight is 380 g/mol. The van der Waals surface area contributed by atoms with E-state index >= 15 is 0 Å². The van der Waals surface area contributed by atoms with Crippen molar-refractivity contribution in [2.24, 2.45) is 5.41 Å². The fraction of sp³-hybridized carbons (Fsp3) is 0.625. The van der Waals surface area contributed by atoms with Gasteiger partial charge in [-0.15, -0.1) is 24.8 Å². The first-order valence-corrected chi connectivity index (χ1v) is 7.65. The first kappa shape index (κ1) is 22.9. The average Bonchev–Trinajstić information content (AvgIpc) is 2.41. The van der Waals surface area contributed by atoms with Gasteiger partial charge in [-0.1, -0.05) is 32.9 Å². The van der Waals surface area contributed by atoms with Crippen molar-refractivity contribution in [2.45, 2.75) is 33.7 Å². The summed E-state index contributed by atoms with van der Waals surface area (Å²) in [5.41, 5.74) is 0.811. The Kier molecular flexibility index (Phi) is 8.45. The van der Waals surface area contributed by atoms with E-state index in [1.54, 1.807) is 13.0 Å². The first-order chi connectivity index (χ1) is 10.2. The highest BCUT2D eigenvalue weighted by Crippen LogP contribution is 2.45. The maximum absolute atomic E-state index is 11.3. The molecule has 0 spiro atoms. The number of benzene rings is 1.